The van der Waals surface area contributed by atoms with Gasteiger partial charge in [-0.3, -0.25) is 9.59 Å². The van der Waals surface area contributed by atoms with Crippen LogP contribution in [0.25, 0.3) is 0 Å². The molecule has 0 amide bonds. The second kappa shape index (κ2) is 42.7. The van der Waals surface area contributed by atoms with Crippen LogP contribution in [0.15, 0.2) is 60.8 Å². The zero-order valence-corrected chi connectivity index (χ0v) is 39.4. The van der Waals surface area contributed by atoms with E-state index in [-0.39, 0.29) is 36.2 Å². The predicted octanol–water partition coefficient (Wildman–Crippen LogP) is 13.8. The van der Waals surface area contributed by atoms with Crippen LogP contribution in [0.3, 0.4) is 0 Å². The van der Waals surface area contributed by atoms with Crippen molar-refractivity contribution in [1.82, 2.24) is 0 Å². The van der Waals surface area contributed by atoms with Crippen molar-refractivity contribution in [3.63, 3.8) is 0 Å². The van der Waals surface area contributed by atoms with E-state index >= 15 is 0 Å². The van der Waals surface area contributed by atoms with Gasteiger partial charge < -0.3 is 23.8 Å². The van der Waals surface area contributed by atoms with E-state index in [4.69, 9.17) is 14.2 Å². The molecule has 0 aromatic carbocycles. The molecule has 346 valence electrons. The van der Waals surface area contributed by atoms with Crippen molar-refractivity contribution in [3.05, 3.63) is 60.8 Å². The van der Waals surface area contributed by atoms with Crippen molar-refractivity contribution < 1.29 is 38.2 Å². The molecule has 0 aromatic heterocycles. The van der Waals surface area contributed by atoms with Gasteiger partial charge in [0.1, 0.15) is 6.61 Å². The Balaban J connectivity index is 4.31. The highest BCUT2D eigenvalue weighted by molar-refractivity contribution is 5.72. The first-order valence-corrected chi connectivity index (χ1v) is 24.3. The van der Waals surface area contributed by atoms with Crippen molar-refractivity contribution in [2.45, 2.75) is 212 Å². The summed E-state index contributed by atoms with van der Waals surface area (Å²) >= 11 is 0. The van der Waals surface area contributed by atoms with E-state index < -0.39 is 18.1 Å². The molecule has 0 bridgehead atoms. The number of hydrogen-bond donors (Lipinski definition) is 1. The maximum absolute atomic E-state index is 12.7. The van der Waals surface area contributed by atoms with E-state index in [1.165, 1.54) is 96.3 Å². The van der Waals surface area contributed by atoms with Gasteiger partial charge in [0.05, 0.1) is 34.4 Å². The molecular weight excluding hydrogens is 751 g/mol. The smallest absolute Gasteiger partial charge is 0.362 e. The minimum Gasteiger partial charge on any atom is -0.477 e. The SMILES string of the molecule is CC/C=C/C/C=C/C/C=C/CCCCCCCCCCCCC(=O)OCC(COCCC(C(=O)O)[N+](C)(C)C)OC(=O)CCCCC/C=C/C=C/CCCCCCCCC. The fraction of sp³-hybridized carbons (Fsp3) is 0.750. The van der Waals surface area contributed by atoms with Crippen LogP contribution in [0.5, 0.6) is 0 Å². The van der Waals surface area contributed by atoms with E-state index in [1.54, 1.807) is 0 Å². The molecule has 8 heteroatoms. The minimum absolute atomic E-state index is 0.0479. The molecule has 2 atom stereocenters. The molecule has 0 saturated carbocycles. The van der Waals surface area contributed by atoms with Crippen LogP contribution in [0.4, 0.5) is 0 Å². The maximum atomic E-state index is 12.7. The minimum atomic E-state index is -0.881. The summed E-state index contributed by atoms with van der Waals surface area (Å²) in [5, 5.41) is 9.64. The van der Waals surface area contributed by atoms with Crippen LogP contribution in [-0.4, -0.2) is 80.6 Å². The van der Waals surface area contributed by atoms with Crippen molar-refractivity contribution in [2.24, 2.45) is 0 Å². The number of allylic oxidation sites excluding steroid dienone is 10. The summed E-state index contributed by atoms with van der Waals surface area (Å²) in [7, 11) is 5.52. The fourth-order valence-corrected chi connectivity index (χ4v) is 6.92. The van der Waals surface area contributed by atoms with Crippen molar-refractivity contribution in [1.29, 1.82) is 0 Å². The largest absolute Gasteiger partial charge is 0.477 e. The molecule has 0 aliphatic rings. The summed E-state index contributed by atoms with van der Waals surface area (Å²) in [5.74, 6) is -1.51. The Morgan fingerprint density at radius 3 is 1.50 bits per heavy atom. The number of carbonyl (C=O) groups is 3. The van der Waals surface area contributed by atoms with Gasteiger partial charge in [0.25, 0.3) is 0 Å². The molecule has 60 heavy (non-hydrogen) atoms. The Morgan fingerprint density at radius 2 is 0.983 bits per heavy atom. The van der Waals surface area contributed by atoms with Crippen molar-refractivity contribution in [2.75, 3.05) is 41.0 Å². The molecule has 2 unspecified atom stereocenters. The van der Waals surface area contributed by atoms with E-state index in [9.17, 15) is 19.5 Å². The highest BCUT2D eigenvalue weighted by Gasteiger charge is 2.31. The molecule has 0 saturated heterocycles. The molecule has 8 nitrogen and oxygen atoms in total. The summed E-state index contributed by atoms with van der Waals surface area (Å²) in [6, 6.07) is -0.622. The first kappa shape index (κ1) is 57.0. The lowest BCUT2D eigenvalue weighted by molar-refractivity contribution is -0.887. The lowest BCUT2D eigenvalue weighted by Gasteiger charge is -2.31. The normalized spacial score (nSPS) is 13.4. The molecule has 0 spiro atoms. The van der Waals surface area contributed by atoms with Crippen LogP contribution in [0.1, 0.15) is 200 Å². The van der Waals surface area contributed by atoms with E-state index in [1.807, 2.05) is 21.1 Å². The van der Waals surface area contributed by atoms with E-state index in [2.05, 4.69) is 74.6 Å². The quantitative estimate of drug-likeness (QED) is 0.0215. The summed E-state index contributed by atoms with van der Waals surface area (Å²) in [5.41, 5.74) is 0. The lowest BCUT2D eigenvalue weighted by atomic mass is 10.1. The lowest BCUT2D eigenvalue weighted by Crippen LogP contribution is -2.50. The van der Waals surface area contributed by atoms with Gasteiger partial charge in [0.15, 0.2) is 12.1 Å². The number of aliphatic carboxylic acids is 1. The predicted molar refractivity (Wildman–Crippen MR) is 252 cm³/mol. The third kappa shape index (κ3) is 40.4. The molecule has 0 radical (unpaired) electrons. The highest BCUT2D eigenvalue weighted by Crippen LogP contribution is 2.14. The summed E-state index contributed by atoms with van der Waals surface area (Å²) in [6.45, 7) is 4.60. The first-order valence-electron chi connectivity index (χ1n) is 24.3. The number of ether oxygens (including phenoxy) is 3. The second-order valence-electron chi connectivity index (χ2n) is 17.4. The summed E-state index contributed by atoms with van der Waals surface area (Å²) in [6.07, 6.45) is 52.7. The molecule has 0 rings (SSSR count). The van der Waals surface area contributed by atoms with Crippen molar-refractivity contribution in [3.8, 4) is 0 Å². The molecule has 0 aliphatic heterocycles. The first-order chi connectivity index (χ1) is 29.1. The zero-order chi connectivity index (χ0) is 44.2. The van der Waals surface area contributed by atoms with Crippen molar-refractivity contribution >= 4 is 17.9 Å². The average Bonchev–Trinajstić information content (AvgIpc) is 3.21. The number of rotatable bonds is 43. The fourth-order valence-electron chi connectivity index (χ4n) is 6.92. The third-order valence-electron chi connectivity index (χ3n) is 10.7. The number of carbonyl (C=O) groups excluding carboxylic acids is 2. The van der Waals surface area contributed by atoms with Gasteiger partial charge in [0, 0.05) is 19.3 Å². The van der Waals surface area contributed by atoms with Crippen LogP contribution < -0.4 is 0 Å². The van der Waals surface area contributed by atoms with E-state index in [0.717, 1.165) is 70.6 Å². The molecule has 0 aromatic rings. The van der Waals surface area contributed by atoms with E-state index in [0.29, 0.717) is 19.3 Å². The molecule has 0 aliphatic carbocycles. The number of quaternary nitrogens is 1. The number of carboxylic acid groups (broad SMARTS) is 1. The number of likely N-dealkylation sites (N-methyl/N-ethyl adjacent to an activating group) is 1. The van der Waals surface area contributed by atoms with Gasteiger partial charge in [-0.1, -0.05) is 171 Å². The monoisotopic (exact) mass is 843 g/mol. The van der Waals surface area contributed by atoms with Crippen LogP contribution >= 0.6 is 0 Å². The highest BCUT2D eigenvalue weighted by atomic mass is 16.6. The topological polar surface area (TPSA) is 99.1 Å². The Bertz CT molecular complexity index is 1170. The Hall–Kier alpha value is -2.97. The van der Waals surface area contributed by atoms with Gasteiger partial charge in [0.2, 0.25) is 0 Å². The Morgan fingerprint density at radius 1 is 0.533 bits per heavy atom. The number of esters is 2. The third-order valence-corrected chi connectivity index (χ3v) is 10.7. The van der Waals surface area contributed by atoms with Crippen LogP contribution in [0.2, 0.25) is 0 Å². The molecule has 1 N–H and O–H groups in total. The van der Waals surface area contributed by atoms with Gasteiger partial charge in [-0.2, -0.15) is 0 Å². The Labute approximate surface area is 368 Å². The van der Waals surface area contributed by atoms with Gasteiger partial charge >= 0.3 is 17.9 Å². The number of unbranched alkanes of at least 4 members (excludes halogenated alkanes) is 20. The number of hydrogen-bond acceptors (Lipinski definition) is 6. The van der Waals surface area contributed by atoms with Crippen LogP contribution in [0, 0.1) is 0 Å². The van der Waals surface area contributed by atoms with Gasteiger partial charge in [-0.05, 0) is 70.6 Å². The van der Waals surface area contributed by atoms with Gasteiger partial charge in [-0.25, -0.2) is 4.79 Å². The summed E-state index contributed by atoms with van der Waals surface area (Å²) < 4.78 is 17.3. The maximum Gasteiger partial charge on any atom is 0.362 e. The average molecular weight is 843 g/mol. The molecule has 0 heterocycles. The second-order valence-corrected chi connectivity index (χ2v) is 17.4. The van der Waals surface area contributed by atoms with Crippen LogP contribution in [-0.2, 0) is 28.6 Å². The standard InChI is InChI=1S/C52H91NO7/c1-6-8-10-12-14-16-18-20-22-24-25-26-27-29-30-32-34-36-38-40-42-50(54)59-47-48(46-58-45-44-49(52(56)57)53(3,4)5)60-51(55)43-41-39-37-35-33-31-28-23-21-19-17-15-13-11-9-7-2/h8,10,14,16,20,22-23,28,31,33,48-49H,6-7,9,11-13,15,17-19,21,24-27,29-30,32,34-47H2,1-5H3/p+1/b10-8+,16-14+,22-20+,28-23+,33-31+. The number of carboxylic acids is 1. The summed E-state index contributed by atoms with van der Waals surface area (Å²) in [4.78, 5) is 37.1. The molecule has 0 fully saturated rings. The zero-order valence-electron chi connectivity index (χ0n) is 39.4. The Kier molecular flexibility index (Phi) is 40.6. The molecular formula is C52H92NO7+. The van der Waals surface area contributed by atoms with Gasteiger partial charge in [-0.15, -0.1) is 0 Å². The number of nitrogens with zero attached hydrogens (tertiary/aromatic N) is 1.